The number of benzene rings is 4. The highest BCUT2D eigenvalue weighted by Crippen LogP contribution is 2.33. The van der Waals surface area contributed by atoms with Crippen molar-refractivity contribution >= 4 is 0 Å². The van der Waals surface area contributed by atoms with E-state index >= 15 is 0 Å². The van der Waals surface area contributed by atoms with Crippen LogP contribution in [0.15, 0.2) is 121 Å². The summed E-state index contributed by atoms with van der Waals surface area (Å²) in [5, 5.41) is 9.80. The molecule has 5 rings (SSSR count). The van der Waals surface area contributed by atoms with Gasteiger partial charge < -0.3 is 19.3 Å². The van der Waals surface area contributed by atoms with Gasteiger partial charge in [-0.15, -0.1) is 0 Å². The van der Waals surface area contributed by atoms with Crippen molar-refractivity contribution < 1.29 is 19.3 Å². The summed E-state index contributed by atoms with van der Waals surface area (Å²) < 4.78 is 20.1. The van der Waals surface area contributed by atoms with Gasteiger partial charge in [-0.1, -0.05) is 121 Å². The standard InChI is InChI=1S/C36H41NO4/c38-23-13-22-33(39-26-30-16-7-2-8-17-30)35-36(41-28-32-20-11-4-12-21-32)34(40-27-31-18-9-3-10-19-31)25-37(35)24-29-14-5-1-6-15-29/h1-12,14-21,33-36,38H,13,22-28H2/t33-,34-,35-,36-/m0/s1. The quantitative estimate of drug-likeness (QED) is 0.185. The van der Waals surface area contributed by atoms with Gasteiger partial charge in [-0.2, -0.15) is 0 Å². The SMILES string of the molecule is OCCC[C@H](OCc1ccccc1)[C@H]1[C@@H](OCc2ccccc2)[C@@H](OCc2ccccc2)CN1Cc1ccccc1. The second-order valence-electron chi connectivity index (χ2n) is 10.7. The van der Waals surface area contributed by atoms with Crippen molar-refractivity contribution in [3.8, 4) is 0 Å². The van der Waals surface area contributed by atoms with Crippen LogP contribution in [0.4, 0.5) is 0 Å². The Morgan fingerprint density at radius 1 is 0.634 bits per heavy atom. The van der Waals surface area contributed by atoms with E-state index in [1.807, 2.05) is 54.6 Å². The Hall–Kier alpha value is -3.32. The first kappa shape index (κ1) is 29.2. The highest BCUT2D eigenvalue weighted by Gasteiger charge is 2.47. The topological polar surface area (TPSA) is 51.2 Å². The minimum Gasteiger partial charge on any atom is -0.396 e. The monoisotopic (exact) mass is 551 g/mol. The summed E-state index contributed by atoms with van der Waals surface area (Å²) in [6.45, 7) is 3.16. The van der Waals surface area contributed by atoms with Crippen LogP contribution in [0, 0.1) is 0 Å². The second-order valence-corrected chi connectivity index (χ2v) is 10.7. The van der Waals surface area contributed by atoms with E-state index in [1.165, 1.54) is 5.56 Å². The van der Waals surface area contributed by atoms with Gasteiger partial charge in [-0.3, -0.25) is 4.90 Å². The number of aliphatic hydroxyl groups is 1. The zero-order valence-corrected chi connectivity index (χ0v) is 23.6. The summed E-state index contributed by atoms with van der Waals surface area (Å²) in [5.41, 5.74) is 4.65. The lowest BCUT2D eigenvalue weighted by Crippen LogP contribution is -2.47. The number of hydrogen-bond donors (Lipinski definition) is 1. The molecule has 1 saturated heterocycles. The van der Waals surface area contributed by atoms with E-state index in [9.17, 15) is 5.11 Å². The smallest absolute Gasteiger partial charge is 0.103 e. The minimum absolute atomic E-state index is 0.0463. The molecule has 4 aromatic rings. The first-order valence-electron chi connectivity index (χ1n) is 14.7. The van der Waals surface area contributed by atoms with Crippen molar-refractivity contribution in [2.24, 2.45) is 0 Å². The van der Waals surface area contributed by atoms with Crippen LogP contribution < -0.4 is 0 Å². The van der Waals surface area contributed by atoms with E-state index in [0.717, 1.165) is 36.2 Å². The predicted molar refractivity (Wildman–Crippen MR) is 162 cm³/mol. The van der Waals surface area contributed by atoms with E-state index in [0.29, 0.717) is 26.2 Å². The Balaban J connectivity index is 1.43. The highest BCUT2D eigenvalue weighted by atomic mass is 16.5. The summed E-state index contributed by atoms with van der Waals surface area (Å²) >= 11 is 0. The summed E-state index contributed by atoms with van der Waals surface area (Å²) in [4.78, 5) is 2.47. The van der Waals surface area contributed by atoms with Crippen LogP contribution in [0.3, 0.4) is 0 Å². The Bertz CT molecular complexity index is 1260. The minimum atomic E-state index is -0.206. The van der Waals surface area contributed by atoms with E-state index in [4.69, 9.17) is 14.2 Å². The molecule has 5 heteroatoms. The fraction of sp³-hybridized carbons (Fsp3) is 0.333. The molecule has 1 aliphatic heterocycles. The molecule has 1 fully saturated rings. The molecule has 1 heterocycles. The van der Waals surface area contributed by atoms with Crippen molar-refractivity contribution in [3.05, 3.63) is 144 Å². The number of ether oxygens (including phenoxy) is 3. The van der Waals surface area contributed by atoms with Crippen LogP contribution in [-0.2, 0) is 40.6 Å². The summed E-state index contributed by atoms with van der Waals surface area (Å²) in [6, 6.07) is 41.4. The molecule has 0 spiro atoms. The van der Waals surface area contributed by atoms with Crippen molar-refractivity contribution in [2.75, 3.05) is 13.2 Å². The number of rotatable bonds is 15. The van der Waals surface area contributed by atoms with E-state index in [1.54, 1.807) is 0 Å². The van der Waals surface area contributed by atoms with Crippen molar-refractivity contribution in [1.82, 2.24) is 4.90 Å². The molecule has 1 N–H and O–H groups in total. The molecular formula is C36H41NO4. The van der Waals surface area contributed by atoms with Crippen molar-refractivity contribution in [3.63, 3.8) is 0 Å². The van der Waals surface area contributed by atoms with Crippen molar-refractivity contribution in [1.29, 1.82) is 0 Å². The van der Waals surface area contributed by atoms with Gasteiger partial charge in [0.05, 0.1) is 38.1 Å². The van der Waals surface area contributed by atoms with Gasteiger partial charge in [0.1, 0.15) is 6.10 Å². The van der Waals surface area contributed by atoms with Crippen LogP contribution in [0.25, 0.3) is 0 Å². The molecule has 214 valence electrons. The maximum Gasteiger partial charge on any atom is 0.103 e. The predicted octanol–water partition coefficient (Wildman–Crippen LogP) is 6.40. The molecular weight excluding hydrogens is 510 g/mol. The largest absolute Gasteiger partial charge is 0.396 e. The van der Waals surface area contributed by atoms with Gasteiger partial charge in [0, 0.05) is 19.7 Å². The Kier molecular flexibility index (Phi) is 11.1. The lowest BCUT2D eigenvalue weighted by atomic mass is 9.99. The van der Waals surface area contributed by atoms with Crippen LogP contribution in [-0.4, -0.2) is 47.5 Å². The Morgan fingerprint density at radius 2 is 1.12 bits per heavy atom. The zero-order chi connectivity index (χ0) is 28.1. The molecule has 1 aliphatic rings. The number of likely N-dealkylation sites (tertiary alicyclic amines) is 1. The van der Waals surface area contributed by atoms with Crippen LogP contribution in [0.1, 0.15) is 35.1 Å². The molecule has 0 aliphatic carbocycles. The normalized spacial score (nSPS) is 19.8. The third-order valence-electron chi connectivity index (χ3n) is 7.69. The molecule has 5 nitrogen and oxygen atoms in total. The average Bonchev–Trinajstić information content (AvgIpc) is 3.37. The third-order valence-corrected chi connectivity index (χ3v) is 7.69. The fourth-order valence-corrected chi connectivity index (χ4v) is 5.64. The van der Waals surface area contributed by atoms with Gasteiger partial charge in [-0.25, -0.2) is 0 Å². The fourth-order valence-electron chi connectivity index (χ4n) is 5.64. The Labute approximate surface area is 244 Å². The molecule has 0 saturated carbocycles. The first-order valence-corrected chi connectivity index (χ1v) is 14.7. The zero-order valence-electron chi connectivity index (χ0n) is 23.6. The molecule has 0 radical (unpaired) electrons. The van der Waals surface area contributed by atoms with Crippen LogP contribution in [0.5, 0.6) is 0 Å². The average molecular weight is 552 g/mol. The molecule has 0 bridgehead atoms. The van der Waals surface area contributed by atoms with Crippen LogP contribution in [0.2, 0.25) is 0 Å². The van der Waals surface area contributed by atoms with Crippen molar-refractivity contribution in [2.45, 2.75) is 63.6 Å². The third kappa shape index (κ3) is 8.59. The number of aliphatic hydroxyl groups excluding tert-OH is 1. The van der Waals surface area contributed by atoms with Gasteiger partial charge in [-0.05, 0) is 35.1 Å². The molecule has 0 unspecified atom stereocenters. The lowest BCUT2D eigenvalue weighted by molar-refractivity contribution is -0.104. The second kappa shape index (κ2) is 15.6. The molecule has 4 atom stereocenters. The van der Waals surface area contributed by atoms with E-state index in [-0.39, 0.29) is 31.0 Å². The Morgan fingerprint density at radius 3 is 1.66 bits per heavy atom. The maximum absolute atomic E-state index is 9.80. The molecule has 41 heavy (non-hydrogen) atoms. The van der Waals surface area contributed by atoms with Gasteiger partial charge in [0.25, 0.3) is 0 Å². The van der Waals surface area contributed by atoms with E-state index in [2.05, 4.69) is 71.6 Å². The van der Waals surface area contributed by atoms with Gasteiger partial charge >= 0.3 is 0 Å². The number of nitrogens with zero attached hydrogens (tertiary/aromatic N) is 1. The summed E-state index contributed by atoms with van der Waals surface area (Å²) in [6.07, 6.45) is 0.912. The molecule has 4 aromatic carbocycles. The molecule has 0 aromatic heterocycles. The highest BCUT2D eigenvalue weighted by molar-refractivity contribution is 5.18. The maximum atomic E-state index is 9.80. The summed E-state index contributed by atoms with van der Waals surface area (Å²) in [7, 11) is 0. The lowest BCUT2D eigenvalue weighted by Gasteiger charge is -2.35. The van der Waals surface area contributed by atoms with Gasteiger partial charge in [0.2, 0.25) is 0 Å². The summed E-state index contributed by atoms with van der Waals surface area (Å²) in [5.74, 6) is 0. The van der Waals surface area contributed by atoms with Gasteiger partial charge in [0.15, 0.2) is 0 Å². The number of hydrogen-bond acceptors (Lipinski definition) is 5. The van der Waals surface area contributed by atoms with Crippen LogP contribution >= 0.6 is 0 Å². The first-order chi connectivity index (χ1) is 20.3. The molecule has 0 amide bonds. The van der Waals surface area contributed by atoms with E-state index < -0.39 is 0 Å².